The van der Waals surface area contributed by atoms with Crippen LogP contribution in [0.5, 0.6) is 23.7 Å². The molecule has 3 rings (SSSR count). The summed E-state index contributed by atoms with van der Waals surface area (Å²) in [4.78, 5) is 12.3. The van der Waals surface area contributed by atoms with Gasteiger partial charge in [0.25, 0.3) is 0 Å². The Morgan fingerprint density at radius 1 is 1.00 bits per heavy atom. The van der Waals surface area contributed by atoms with Gasteiger partial charge in [0.05, 0.1) is 26.0 Å². The number of aromatic nitrogens is 3. The number of halogens is 2. The minimum Gasteiger partial charge on any atom is -0.481 e. The average Bonchev–Trinajstić information content (AvgIpc) is 2.68. The molecule has 0 unspecified atom stereocenters. The van der Waals surface area contributed by atoms with E-state index in [-0.39, 0.29) is 35.9 Å². The molecule has 3 aromatic rings. The zero-order valence-corrected chi connectivity index (χ0v) is 14.6. The van der Waals surface area contributed by atoms with Gasteiger partial charge in [-0.3, -0.25) is 0 Å². The SMILES string of the molecule is COc1cc(OC)nc(Oc2ncccc2CNc2ccc(F)cc2F)n1. The molecule has 0 aliphatic carbocycles. The van der Waals surface area contributed by atoms with Crippen LogP contribution in [0, 0.1) is 11.6 Å². The first kappa shape index (κ1) is 18.3. The highest BCUT2D eigenvalue weighted by Crippen LogP contribution is 2.25. The van der Waals surface area contributed by atoms with Gasteiger partial charge >= 0.3 is 6.01 Å². The normalized spacial score (nSPS) is 10.4. The molecule has 0 amide bonds. The number of benzene rings is 1. The van der Waals surface area contributed by atoms with Gasteiger partial charge in [0.2, 0.25) is 17.6 Å². The third-order valence-corrected chi connectivity index (χ3v) is 3.52. The van der Waals surface area contributed by atoms with Gasteiger partial charge in [-0.15, -0.1) is 0 Å². The minimum absolute atomic E-state index is 0.0147. The van der Waals surface area contributed by atoms with Crippen LogP contribution in [0.2, 0.25) is 0 Å². The lowest BCUT2D eigenvalue weighted by molar-refractivity contribution is 0.344. The van der Waals surface area contributed by atoms with Crippen molar-refractivity contribution in [3.8, 4) is 23.7 Å². The van der Waals surface area contributed by atoms with E-state index in [1.807, 2.05) is 0 Å². The van der Waals surface area contributed by atoms with Gasteiger partial charge in [-0.2, -0.15) is 9.97 Å². The van der Waals surface area contributed by atoms with E-state index >= 15 is 0 Å². The summed E-state index contributed by atoms with van der Waals surface area (Å²) >= 11 is 0. The summed E-state index contributed by atoms with van der Waals surface area (Å²) in [6.45, 7) is 0.187. The average molecular weight is 374 g/mol. The number of anilines is 1. The van der Waals surface area contributed by atoms with E-state index in [9.17, 15) is 8.78 Å². The minimum atomic E-state index is -0.692. The first-order chi connectivity index (χ1) is 13.1. The molecule has 0 spiro atoms. The Labute approximate surface area is 154 Å². The maximum atomic E-state index is 13.8. The highest BCUT2D eigenvalue weighted by atomic mass is 19.1. The number of nitrogens with one attached hydrogen (secondary N) is 1. The highest BCUT2D eigenvalue weighted by Gasteiger charge is 2.12. The predicted octanol–water partition coefficient (Wildman–Crippen LogP) is 3.57. The molecule has 7 nitrogen and oxygen atoms in total. The Bertz CT molecular complexity index is 918. The standard InChI is InChI=1S/C18H16F2N4O3/c1-25-15-9-16(26-2)24-18(23-15)27-17-11(4-3-7-21-17)10-22-14-6-5-12(19)8-13(14)20/h3-9,22H,10H2,1-2H3. The largest absolute Gasteiger partial charge is 0.481 e. The maximum absolute atomic E-state index is 13.8. The fourth-order valence-electron chi connectivity index (χ4n) is 2.20. The Morgan fingerprint density at radius 3 is 2.41 bits per heavy atom. The molecular formula is C18H16F2N4O3. The fourth-order valence-corrected chi connectivity index (χ4v) is 2.20. The van der Waals surface area contributed by atoms with Gasteiger partial charge in [-0.05, 0) is 18.2 Å². The Morgan fingerprint density at radius 2 is 1.74 bits per heavy atom. The van der Waals surface area contributed by atoms with Crippen LogP contribution >= 0.6 is 0 Å². The number of nitrogens with zero attached hydrogens (tertiary/aromatic N) is 3. The Hall–Kier alpha value is -3.49. The third-order valence-electron chi connectivity index (χ3n) is 3.52. The molecule has 2 heterocycles. The van der Waals surface area contributed by atoms with Crippen molar-refractivity contribution in [2.75, 3.05) is 19.5 Å². The Balaban J connectivity index is 1.80. The summed E-state index contributed by atoms with van der Waals surface area (Å²) in [5.41, 5.74) is 0.775. The van der Waals surface area contributed by atoms with Gasteiger partial charge in [-0.25, -0.2) is 13.8 Å². The lowest BCUT2D eigenvalue weighted by Gasteiger charge is -2.12. The molecule has 0 radical (unpaired) electrons. The molecule has 0 aliphatic rings. The number of hydrogen-bond acceptors (Lipinski definition) is 7. The molecule has 0 bridgehead atoms. The molecular weight excluding hydrogens is 358 g/mol. The van der Waals surface area contributed by atoms with Crippen molar-refractivity contribution in [2.45, 2.75) is 6.54 Å². The summed E-state index contributed by atoms with van der Waals surface area (Å²) in [6, 6.07) is 8.23. The lowest BCUT2D eigenvalue weighted by Crippen LogP contribution is -2.05. The summed E-state index contributed by atoms with van der Waals surface area (Å²) in [6.07, 6.45) is 1.54. The smallest absolute Gasteiger partial charge is 0.330 e. The van der Waals surface area contributed by atoms with Crippen LogP contribution < -0.4 is 19.5 Å². The monoisotopic (exact) mass is 374 g/mol. The van der Waals surface area contributed by atoms with Gasteiger partial charge in [0.1, 0.15) is 11.6 Å². The summed E-state index contributed by atoms with van der Waals surface area (Å²) < 4.78 is 42.6. The van der Waals surface area contributed by atoms with Crippen LogP contribution in [0.15, 0.2) is 42.6 Å². The molecule has 0 aliphatic heterocycles. The molecule has 1 aromatic carbocycles. The molecule has 0 atom stereocenters. The molecule has 9 heteroatoms. The van der Waals surface area contributed by atoms with E-state index < -0.39 is 11.6 Å². The van der Waals surface area contributed by atoms with Gasteiger partial charge in [0.15, 0.2) is 0 Å². The van der Waals surface area contributed by atoms with E-state index in [0.29, 0.717) is 5.56 Å². The number of ether oxygens (including phenoxy) is 3. The highest BCUT2D eigenvalue weighted by molar-refractivity contribution is 5.46. The van der Waals surface area contributed by atoms with Crippen molar-refractivity contribution < 1.29 is 23.0 Å². The molecule has 0 saturated carbocycles. The van der Waals surface area contributed by atoms with Crippen molar-refractivity contribution in [1.82, 2.24) is 15.0 Å². The molecule has 27 heavy (non-hydrogen) atoms. The van der Waals surface area contributed by atoms with Crippen molar-refractivity contribution in [3.63, 3.8) is 0 Å². The van der Waals surface area contributed by atoms with Gasteiger partial charge in [-0.1, -0.05) is 6.07 Å². The van der Waals surface area contributed by atoms with Crippen LogP contribution in [0.1, 0.15) is 5.56 Å². The second-order valence-electron chi connectivity index (χ2n) is 5.28. The number of methoxy groups -OCH3 is 2. The summed E-state index contributed by atoms with van der Waals surface area (Å²) in [5.74, 6) is -0.584. The zero-order chi connectivity index (χ0) is 19.2. The second kappa shape index (κ2) is 8.26. The first-order valence-corrected chi connectivity index (χ1v) is 7.87. The number of rotatable bonds is 7. The quantitative estimate of drug-likeness (QED) is 0.677. The Kier molecular flexibility index (Phi) is 5.60. The molecule has 1 N–H and O–H groups in total. The van der Waals surface area contributed by atoms with Gasteiger partial charge < -0.3 is 19.5 Å². The predicted molar refractivity (Wildman–Crippen MR) is 93.1 cm³/mol. The van der Waals surface area contributed by atoms with E-state index in [2.05, 4.69) is 20.3 Å². The van der Waals surface area contributed by atoms with Crippen LogP contribution in [0.3, 0.4) is 0 Å². The van der Waals surface area contributed by atoms with Crippen molar-refractivity contribution in [2.24, 2.45) is 0 Å². The summed E-state index contributed by atoms with van der Waals surface area (Å²) in [7, 11) is 2.91. The topological polar surface area (TPSA) is 78.4 Å². The van der Waals surface area contributed by atoms with Crippen LogP contribution in [-0.4, -0.2) is 29.2 Å². The fraction of sp³-hybridized carbons (Fsp3) is 0.167. The van der Waals surface area contributed by atoms with Crippen molar-refractivity contribution in [1.29, 1.82) is 0 Å². The number of hydrogen-bond donors (Lipinski definition) is 1. The third kappa shape index (κ3) is 4.57. The van der Waals surface area contributed by atoms with E-state index in [1.165, 1.54) is 38.6 Å². The van der Waals surface area contributed by atoms with Gasteiger partial charge in [0, 0.05) is 24.4 Å². The summed E-state index contributed by atoms with van der Waals surface area (Å²) in [5, 5.41) is 2.88. The van der Waals surface area contributed by atoms with Crippen molar-refractivity contribution >= 4 is 5.69 Å². The maximum Gasteiger partial charge on any atom is 0.330 e. The number of pyridine rings is 1. The van der Waals surface area contributed by atoms with E-state index in [0.717, 1.165) is 6.07 Å². The van der Waals surface area contributed by atoms with Crippen LogP contribution in [0.4, 0.5) is 14.5 Å². The zero-order valence-electron chi connectivity index (χ0n) is 14.6. The molecule has 140 valence electrons. The first-order valence-electron chi connectivity index (χ1n) is 7.87. The van der Waals surface area contributed by atoms with E-state index in [1.54, 1.807) is 12.1 Å². The second-order valence-corrected chi connectivity index (χ2v) is 5.28. The van der Waals surface area contributed by atoms with E-state index in [4.69, 9.17) is 14.2 Å². The molecule has 0 saturated heterocycles. The molecule has 0 fully saturated rings. The van der Waals surface area contributed by atoms with Crippen LogP contribution in [-0.2, 0) is 6.54 Å². The molecule has 2 aromatic heterocycles. The van der Waals surface area contributed by atoms with Crippen LogP contribution in [0.25, 0.3) is 0 Å². The van der Waals surface area contributed by atoms with Crippen molar-refractivity contribution in [3.05, 3.63) is 59.8 Å². The lowest BCUT2D eigenvalue weighted by atomic mass is 10.2.